The zero-order valence-corrected chi connectivity index (χ0v) is 16.3. The minimum absolute atomic E-state index is 0.286. The molecule has 0 unspecified atom stereocenters. The molecule has 0 saturated carbocycles. The van der Waals surface area contributed by atoms with Crippen LogP contribution in [0.25, 0.3) is 5.65 Å². The summed E-state index contributed by atoms with van der Waals surface area (Å²) in [7, 11) is 0. The predicted octanol–water partition coefficient (Wildman–Crippen LogP) is 6.03. The van der Waals surface area contributed by atoms with Gasteiger partial charge in [-0.3, -0.25) is 4.40 Å². The summed E-state index contributed by atoms with van der Waals surface area (Å²) in [5.74, 6) is 1.09. The molecule has 0 bridgehead atoms. The predicted molar refractivity (Wildman–Crippen MR) is 108 cm³/mol. The topological polar surface area (TPSA) is 45.3 Å². The van der Waals surface area contributed by atoms with Gasteiger partial charge in [0.2, 0.25) is 0 Å². The normalized spacial score (nSPS) is 11.8. The Morgan fingerprint density at radius 2 is 1.73 bits per heavy atom. The summed E-state index contributed by atoms with van der Waals surface area (Å²) >= 11 is 0. The number of rotatable bonds is 6. The summed E-state index contributed by atoms with van der Waals surface area (Å²) < 4.78 is 2.01. The molecular formula is C21H27N5. The summed E-state index contributed by atoms with van der Waals surface area (Å²) in [4.78, 5) is 7.06. The Morgan fingerprint density at radius 3 is 2.35 bits per heavy atom. The van der Waals surface area contributed by atoms with Crippen LogP contribution in [0.2, 0.25) is 0 Å². The van der Waals surface area contributed by atoms with Gasteiger partial charge in [0.15, 0.2) is 5.82 Å². The molecule has 5 nitrogen and oxygen atoms in total. The van der Waals surface area contributed by atoms with Crippen LogP contribution in [0.1, 0.15) is 44.9 Å². The van der Waals surface area contributed by atoms with Gasteiger partial charge in [-0.2, -0.15) is 0 Å². The number of anilines is 1. The van der Waals surface area contributed by atoms with E-state index in [4.69, 9.17) is 4.98 Å². The van der Waals surface area contributed by atoms with E-state index in [1.165, 1.54) is 11.3 Å². The molecule has 0 radical (unpaired) electrons. The number of pyridine rings is 1. The number of hydrogen-bond acceptors (Lipinski definition) is 4. The second kappa shape index (κ2) is 7.68. The fourth-order valence-corrected chi connectivity index (χ4v) is 3.06. The van der Waals surface area contributed by atoms with Crippen molar-refractivity contribution in [1.82, 2.24) is 9.38 Å². The van der Waals surface area contributed by atoms with Crippen molar-refractivity contribution in [2.24, 2.45) is 10.2 Å². The van der Waals surface area contributed by atoms with E-state index in [1.54, 1.807) is 0 Å². The van der Waals surface area contributed by atoms with Crippen molar-refractivity contribution in [2.45, 2.75) is 40.5 Å². The van der Waals surface area contributed by atoms with Crippen LogP contribution >= 0.6 is 0 Å². The molecule has 2 aromatic heterocycles. The molecule has 0 spiro atoms. The second-order valence-corrected chi connectivity index (χ2v) is 6.80. The van der Waals surface area contributed by atoms with Crippen LogP contribution in [-0.2, 0) is 0 Å². The maximum Gasteiger partial charge on any atom is 0.183 e. The van der Waals surface area contributed by atoms with Crippen molar-refractivity contribution in [3.8, 4) is 0 Å². The van der Waals surface area contributed by atoms with E-state index in [0.717, 1.165) is 35.9 Å². The van der Waals surface area contributed by atoms with Gasteiger partial charge < -0.3 is 4.90 Å². The molecule has 0 atom stereocenters. The van der Waals surface area contributed by atoms with Crippen LogP contribution in [0, 0.1) is 6.92 Å². The van der Waals surface area contributed by atoms with Gasteiger partial charge in [0, 0.05) is 25.0 Å². The number of aryl methyl sites for hydroxylation is 1. The lowest BCUT2D eigenvalue weighted by molar-refractivity contribution is 0.831. The van der Waals surface area contributed by atoms with Gasteiger partial charge in [-0.25, -0.2) is 4.98 Å². The van der Waals surface area contributed by atoms with Crippen molar-refractivity contribution in [1.29, 1.82) is 0 Å². The Labute approximate surface area is 155 Å². The lowest BCUT2D eigenvalue weighted by Crippen LogP contribution is -2.21. The van der Waals surface area contributed by atoms with E-state index in [9.17, 15) is 0 Å². The minimum atomic E-state index is 0.286. The minimum Gasteiger partial charge on any atom is -0.372 e. The number of benzene rings is 1. The van der Waals surface area contributed by atoms with Gasteiger partial charge in [0.05, 0.1) is 11.4 Å². The average Bonchev–Trinajstić information content (AvgIpc) is 3.00. The molecule has 0 aliphatic carbocycles. The van der Waals surface area contributed by atoms with Gasteiger partial charge in [-0.05, 0) is 68.7 Å². The molecule has 0 fully saturated rings. The first-order valence-corrected chi connectivity index (χ1v) is 9.28. The van der Waals surface area contributed by atoms with Gasteiger partial charge >= 0.3 is 0 Å². The smallest absolute Gasteiger partial charge is 0.183 e. The van der Waals surface area contributed by atoms with Gasteiger partial charge in [-0.15, -0.1) is 10.2 Å². The Balaban J connectivity index is 1.94. The van der Waals surface area contributed by atoms with E-state index >= 15 is 0 Å². The highest BCUT2D eigenvalue weighted by Crippen LogP contribution is 2.30. The van der Waals surface area contributed by atoms with Crippen LogP contribution in [0.3, 0.4) is 0 Å². The van der Waals surface area contributed by atoms with Crippen molar-refractivity contribution in [3.63, 3.8) is 0 Å². The first-order valence-electron chi connectivity index (χ1n) is 9.28. The van der Waals surface area contributed by atoms with Crippen LogP contribution in [0.4, 0.5) is 17.2 Å². The number of aromatic nitrogens is 2. The molecule has 2 heterocycles. The number of nitrogens with zero attached hydrogens (tertiary/aromatic N) is 5. The molecule has 5 heteroatoms. The number of imidazole rings is 1. The lowest BCUT2D eigenvalue weighted by atomic mass is 10.1. The summed E-state index contributed by atoms with van der Waals surface area (Å²) in [6.45, 7) is 12.7. The standard InChI is InChI=1S/C21H27N5/c1-6-25(7-2)18-10-8-17(9-11-18)23-24-21-20(15(3)4)22-19-14-16(5)12-13-26(19)21/h8-15H,6-7H2,1-5H3. The van der Waals surface area contributed by atoms with E-state index in [1.807, 2.05) is 22.7 Å². The molecule has 3 aromatic rings. The third-order valence-corrected chi connectivity index (χ3v) is 4.57. The number of fused-ring (bicyclic) bond motifs is 1. The maximum atomic E-state index is 4.75. The molecule has 26 heavy (non-hydrogen) atoms. The summed E-state index contributed by atoms with van der Waals surface area (Å²) in [6, 6.07) is 12.4. The molecule has 0 saturated heterocycles. The van der Waals surface area contributed by atoms with Gasteiger partial charge in [-0.1, -0.05) is 13.8 Å². The van der Waals surface area contributed by atoms with Crippen LogP contribution < -0.4 is 4.90 Å². The first kappa shape index (κ1) is 18.1. The first-order chi connectivity index (χ1) is 12.5. The maximum absolute atomic E-state index is 4.75. The fourth-order valence-electron chi connectivity index (χ4n) is 3.06. The Morgan fingerprint density at radius 1 is 1.04 bits per heavy atom. The van der Waals surface area contributed by atoms with Crippen LogP contribution in [0.5, 0.6) is 0 Å². The monoisotopic (exact) mass is 349 g/mol. The quantitative estimate of drug-likeness (QED) is 0.510. The van der Waals surface area contributed by atoms with Crippen molar-refractivity contribution in [3.05, 3.63) is 53.9 Å². The molecule has 0 aliphatic rings. The molecule has 136 valence electrons. The summed E-state index contributed by atoms with van der Waals surface area (Å²) in [5, 5.41) is 9.00. The number of azo groups is 1. The van der Waals surface area contributed by atoms with E-state index < -0.39 is 0 Å². The highest BCUT2D eigenvalue weighted by molar-refractivity contribution is 5.55. The molecule has 0 aliphatic heterocycles. The second-order valence-electron chi connectivity index (χ2n) is 6.80. The average molecular weight is 349 g/mol. The molecule has 3 rings (SSSR count). The largest absolute Gasteiger partial charge is 0.372 e. The highest BCUT2D eigenvalue weighted by Gasteiger charge is 2.15. The Kier molecular flexibility index (Phi) is 5.35. The highest BCUT2D eigenvalue weighted by atomic mass is 15.2. The van der Waals surface area contributed by atoms with Crippen molar-refractivity contribution in [2.75, 3.05) is 18.0 Å². The third-order valence-electron chi connectivity index (χ3n) is 4.57. The molecule has 0 N–H and O–H groups in total. The van der Waals surface area contributed by atoms with E-state index in [0.29, 0.717) is 0 Å². The van der Waals surface area contributed by atoms with Crippen molar-refractivity contribution < 1.29 is 0 Å². The zero-order chi connectivity index (χ0) is 18.7. The SMILES string of the molecule is CCN(CC)c1ccc(N=Nc2c(C(C)C)nc3cc(C)ccn23)cc1. The van der Waals surface area contributed by atoms with Crippen molar-refractivity contribution >= 4 is 22.8 Å². The van der Waals surface area contributed by atoms with E-state index in [2.05, 4.69) is 74.0 Å². The lowest BCUT2D eigenvalue weighted by Gasteiger charge is -2.20. The molecular weight excluding hydrogens is 322 g/mol. The zero-order valence-electron chi connectivity index (χ0n) is 16.3. The fraction of sp³-hybridized carbons (Fsp3) is 0.381. The summed E-state index contributed by atoms with van der Waals surface area (Å²) in [5.41, 5.74) is 5.13. The van der Waals surface area contributed by atoms with Gasteiger partial charge in [0.25, 0.3) is 0 Å². The third kappa shape index (κ3) is 3.62. The summed E-state index contributed by atoms with van der Waals surface area (Å²) in [6.07, 6.45) is 2.02. The molecule has 1 aromatic carbocycles. The number of hydrogen-bond donors (Lipinski definition) is 0. The van der Waals surface area contributed by atoms with Crippen LogP contribution in [0.15, 0.2) is 52.8 Å². The van der Waals surface area contributed by atoms with Gasteiger partial charge in [0.1, 0.15) is 5.65 Å². The van der Waals surface area contributed by atoms with Crippen LogP contribution in [-0.4, -0.2) is 22.5 Å². The van der Waals surface area contributed by atoms with E-state index in [-0.39, 0.29) is 5.92 Å². The Hall–Kier alpha value is -2.69. The molecule has 0 amide bonds. The Bertz CT molecular complexity index is 902.